The number of hydrogen-bond acceptors (Lipinski definition) is 2. The molecule has 2 rings (SSSR count). The molecule has 0 amide bonds. The average Bonchev–Trinajstić information content (AvgIpc) is 2.57. The molecule has 0 unspecified atom stereocenters. The van der Waals surface area contributed by atoms with Gasteiger partial charge in [0.05, 0.1) is 5.92 Å². The van der Waals surface area contributed by atoms with Crippen molar-refractivity contribution in [3.8, 4) is 0 Å². The number of aliphatic carboxylic acids is 1. The van der Waals surface area contributed by atoms with E-state index in [1.54, 1.807) is 0 Å². The maximum Gasteiger partial charge on any atom is 0.306 e. The second-order valence-corrected chi connectivity index (χ2v) is 3.41. The van der Waals surface area contributed by atoms with Crippen LogP contribution in [-0.4, -0.2) is 17.1 Å². The quantitative estimate of drug-likeness (QED) is 0.571. The van der Waals surface area contributed by atoms with Gasteiger partial charge in [0.1, 0.15) is 0 Å². The molecule has 0 aliphatic heterocycles. The van der Waals surface area contributed by atoms with E-state index in [4.69, 9.17) is 10.8 Å². The Morgan fingerprint density at radius 1 is 1.40 bits per heavy atom. The molecule has 56 valence electrons. The molecule has 3 nitrogen and oxygen atoms in total. The van der Waals surface area contributed by atoms with Crippen LogP contribution in [0.25, 0.3) is 0 Å². The lowest BCUT2D eigenvalue weighted by molar-refractivity contribution is -0.138. The Morgan fingerprint density at radius 3 is 2.30 bits per heavy atom. The highest BCUT2D eigenvalue weighted by Crippen LogP contribution is 2.53. The summed E-state index contributed by atoms with van der Waals surface area (Å²) in [5.74, 6) is 0.274. The van der Waals surface area contributed by atoms with Crippen LogP contribution in [-0.2, 0) is 4.79 Å². The van der Waals surface area contributed by atoms with Crippen molar-refractivity contribution < 1.29 is 9.90 Å². The number of hydrogen-bond donors (Lipinski definition) is 2. The van der Waals surface area contributed by atoms with Crippen molar-refractivity contribution in [1.29, 1.82) is 0 Å². The predicted octanol–water partition coefficient (Wildman–Crippen LogP) is 0.0543. The highest BCUT2D eigenvalue weighted by molar-refractivity contribution is 5.73. The van der Waals surface area contributed by atoms with Gasteiger partial charge in [-0.2, -0.15) is 0 Å². The van der Waals surface area contributed by atoms with E-state index in [-0.39, 0.29) is 5.92 Å². The third kappa shape index (κ3) is 0.814. The Balaban J connectivity index is 1.85. The second kappa shape index (κ2) is 1.72. The Bertz CT molecular complexity index is 180. The van der Waals surface area contributed by atoms with Crippen molar-refractivity contribution in [1.82, 2.24) is 0 Å². The Hall–Kier alpha value is -0.570. The van der Waals surface area contributed by atoms with Gasteiger partial charge in [0.25, 0.3) is 0 Å². The largest absolute Gasteiger partial charge is 0.481 e. The van der Waals surface area contributed by atoms with E-state index in [9.17, 15) is 4.79 Å². The molecule has 2 aliphatic rings. The molecule has 10 heavy (non-hydrogen) atoms. The van der Waals surface area contributed by atoms with Gasteiger partial charge < -0.3 is 10.8 Å². The molecule has 2 saturated carbocycles. The predicted molar refractivity (Wildman–Crippen MR) is 35.3 cm³/mol. The monoisotopic (exact) mass is 141 g/mol. The maximum atomic E-state index is 10.4. The molecule has 3 heteroatoms. The molecule has 2 fully saturated rings. The molecular weight excluding hydrogens is 130 g/mol. The summed E-state index contributed by atoms with van der Waals surface area (Å²) in [6, 6.07) is 0.314. The van der Waals surface area contributed by atoms with E-state index in [0.29, 0.717) is 17.9 Å². The van der Waals surface area contributed by atoms with E-state index in [0.717, 1.165) is 12.8 Å². The van der Waals surface area contributed by atoms with Crippen LogP contribution in [0.5, 0.6) is 0 Å². The maximum absolute atomic E-state index is 10.4. The van der Waals surface area contributed by atoms with Gasteiger partial charge in [0, 0.05) is 6.04 Å². The summed E-state index contributed by atoms with van der Waals surface area (Å²) in [6.45, 7) is 0. The summed E-state index contributed by atoms with van der Waals surface area (Å²) in [5.41, 5.74) is 5.58. The fourth-order valence-electron chi connectivity index (χ4n) is 1.70. The molecule has 0 spiro atoms. The SMILES string of the molecule is N[C@@H]1C[C@@H]1[C@@H]1C[C@@H]1C(=O)O. The topological polar surface area (TPSA) is 63.3 Å². The van der Waals surface area contributed by atoms with E-state index < -0.39 is 5.97 Å². The van der Waals surface area contributed by atoms with Crippen LogP contribution >= 0.6 is 0 Å². The third-order valence-corrected chi connectivity index (χ3v) is 2.60. The second-order valence-electron chi connectivity index (χ2n) is 3.41. The minimum atomic E-state index is -0.635. The summed E-state index contributed by atoms with van der Waals surface area (Å²) in [7, 11) is 0. The molecule has 4 atom stereocenters. The van der Waals surface area contributed by atoms with Crippen molar-refractivity contribution in [2.75, 3.05) is 0 Å². The first-order valence-corrected chi connectivity index (χ1v) is 3.68. The number of carbonyl (C=O) groups is 1. The lowest BCUT2D eigenvalue weighted by Crippen LogP contribution is -2.06. The molecule has 0 radical (unpaired) electrons. The normalized spacial score (nSPS) is 50.5. The van der Waals surface area contributed by atoms with Gasteiger partial charge in [-0.05, 0) is 24.7 Å². The van der Waals surface area contributed by atoms with Gasteiger partial charge in [-0.15, -0.1) is 0 Å². The van der Waals surface area contributed by atoms with E-state index >= 15 is 0 Å². The Morgan fingerprint density at radius 2 is 2.00 bits per heavy atom. The fourth-order valence-corrected chi connectivity index (χ4v) is 1.70. The van der Waals surface area contributed by atoms with Crippen LogP contribution in [0.1, 0.15) is 12.8 Å². The Kier molecular flexibility index (Phi) is 1.06. The van der Waals surface area contributed by atoms with Gasteiger partial charge in [-0.1, -0.05) is 0 Å². The summed E-state index contributed by atoms with van der Waals surface area (Å²) in [5, 5.41) is 8.55. The van der Waals surface area contributed by atoms with Crippen LogP contribution in [0.4, 0.5) is 0 Å². The zero-order chi connectivity index (χ0) is 7.30. The third-order valence-electron chi connectivity index (χ3n) is 2.60. The standard InChI is InChI=1S/C7H11NO2/c8-6-2-4(6)3-1-5(3)7(9)10/h3-6H,1-2,8H2,(H,9,10)/t3-,4+,5-,6+/m0/s1. The summed E-state index contributed by atoms with van der Waals surface area (Å²) in [4.78, 5) is 10.4. The van der Waals surface area contributed by atoms with Crippen LogP contribution in [0, 0.1) is 17.8 Å². The fraction of sp³-hybridized carbons (Fsp3) is 0.857. The van der Waals surface area contributed by atoms with Crippen molar-refractivity contribution >= 4 is 5.97 Å². The molecule has 0 bridgehead atoms. The molecule has 0 aromatic carbocycles. The summed E-state index contributed by atoms with van der Waals surface area (Å²) in [6.07, 6.45) is 1.92. The molecule has 0 saturated heterocycles. The molecule has 2 aliphatic carbocycles. The summed E-state index contributed by atoms with van der Waals surface area (Å²) >= 11 is 0. The van der Waals surface area contributed by atoms with Crippen molar-refractivity contribution in [3.63, 3.8) is 0 Å². The van der Waals surface area contributed by atoms with Crippen molar-refractivity contribution in [2.45, 2.75) is 18.9 Å². The van der Waals surface area contributed by atoms with Gasteiger partial charge in [0.2, 0.25) is 0 Å². The lowest BCUT2D eigenvalue weighted by Gasteiger charge is -1.89. The zero-order valence-corrected chi connectivity index (χ0v) is 5.66. The summed E-state index contributed by atoms with van der Waals surface area (Å²) < 4.78 is 0. The minimum absolute atomic E-state index is 0.0569. The zero-order valence-electron chi connectivity index (χ0n) is 5.66. The molecule has 3 N–H and O–H groups in total. The van der Waals surface area contributed by atoms with E-state index in [1.807, 2.05) is 0 Å². The highest BCUT2D eigenvalue weighted by atomic mass is 16.4. The molecule has 0 aromatic heterocycles. The number of nitrogens with two attached hydrogens (primary N) is 1. The number of rotatable bonds is 2. The molecular formula is C7H11NO2. The average molecular weight is 141 g/mol. The molecule has 0 heterocycles. The van der Waals surface area contributed by atoms with Crippen LogP contribution in [0.15, 0.2) is 0 Å². The van der Waals surface area contributed by atoms with Gasteiger partial charge in [0.15, 0.2) is 0 Å². The van der Waals surface area contributed by atoms with Gasteiger partial charge >= 0.3 is 5.97 Å². The molecule has 0 aromatic rings. The first-order chi connectivity index (χ1) is 4.70. The number of carboxylic acid groups (broad SMARTS) is 1. The number of carboxylic acids is 1. The van der Waals surface area contributed by atoms with Crippen LogP contribution < -0.4 is 5.73 Å². The highest BCUT2D eigenvalue weighted by Gasteiger charge is 2.55. The Labute approximate surface area is 59.2 Å². The van der Waals surface area contributed by atoms with E-state index in [1.165, 1.54) is 0 Å². The first kappa shape index (κ1) is 6.16. The first-order valence-electron chi connectivity index (χ1n) is 3.68. The van der Waals surface area contributed by atoms with Crippen LogP contribution in [0.2, 0.25) is 0 Å². The minimum Gasteiger partial charge on any atom is -0.481 e. The van der Waals surface area contributed by atoms with Crippen molar-refractivity contribution in [2.24, 2.45) is 23.5 Å². The smallest absolute Gasteiger partial charge is 0.306 e. The van der Waals surface area contributed by atoms with Crippen LogP contribution in [0.3, 0.4) is 0 Å². The van der Waals surface area contributed by atoms with Crippen molar-refractivity contribution in [3.05, 3.63) is 0 Å². The van der Waals surface area contributed by atoms with Gasteiger partial charge in [-0.3, -0.25) is 4.79 Å². The van der Waals surface area contributed by atoms with Gasteiger partial charge in [-0.25, -0.2) is 0 Å². The van der Waals surface area contributed by atoms with E-state index in [2.05, 4.69) is 0 Å². The lowest BCUT2D eigenvalue weighted by atomic mass is 10.2.